The van der Waals surface area contributed by atoms with Crippen LogP contribution in [0.4, 0.5) is 0 Å². The second-order valence-corrected chi connectivity index (χ2v) is 9.61. The molecule has 34 heavy (non-hydrogen) atoms. The number of rotatable bonds is 7. The van der Waals surface area contributed by atoms with Crippen LogP contribution in [0.2, 0.25) is 5.02 Å². The van der Waals surface area contributed by atoms with E-state index in [4.69, 9.17) is 21.1 Å². The van der Waals surface area contributed by atoms with Gasteiger partial charge in [-0.25, -0.2) is 0 Å². The molecule has 1 aromatic carbocycles. The van der Waals surface area contributed by atoms with E-state index in [2.05, 4.69) is 4.98 Å². The summed E-state index contributed by atoms with van der Waals surface area (Å²) in [6.45, 7) is 4.78. The number of hydrogen-bond acceptors (Lipinski definition) is 5. The molecule has 8 heteroatoms. The molecule has 0 N–H and O–H groups in total. The molecule has 1 aromatic heterocycles. The van der Waals surface area contributed by atoms with Crippen LogP contribution in [-0.2, 0) is 20.7 Å². The van der Waals surface area contributed by atoms with Crippen molar-refractivity contribution in [3.63, 3.8) is 0 Å². The first kappa shape index (κ1) is 24.5. The Labute approximate surface area is 206 Å². The Balaban J connectivity index is 1.49. The topological polar surface area (TPSA) is 72.0 Å². The molecule has 0 bridgehead atoms. The fourth-order valence-electron chi connectivity index (χ4n) is 4.54. The summed E-state index contributed by atoms with van der Waals surface area (Å²) in [6, 6.07) is 9.19. The number of aryl methyl sites for hydroxylation is 1. The van der Waals surface area contributed by atoms with Gasteiger partial charge in [0.25, 0.3) is 0 Å². The summed E-state index contributed by atoms with van der Waals surface area (Å²) in [5, 5.41) is 0.670. The number of nitrogens with zero attached hydrogens (tertiary/aromatic N) is 3. The normalized spacial score (nSPS) is 20.8. The van der Waals surface area contributed by atoms with E-state index in [1.165, 1.54) is 0 Å². The molecule has 0 saturated carbocycles. The number of piperidine rings is 1. The summed E-state index contributed by atoms with van der Waals surface area (Å²) < 4.78 is 12.3. The molecule has 2 fully saturated rings. The number of morpholine rings is 1. The van der Waals surface area contributed by atoms with Crippen LogP contribution < -0.4 is 4.74 Å². The minimum absolute atomic E-state index is 0.00608. The first-order chi connectivity index (χ1) is 16.4. The summed E-state index contributed by atoms with van der Waals surface area (Å²) in [5.74, 6) is 0.708. The zero-order valence-corrected chi connectivity index (χ0v) is 20.4. The van der Waals surface area contributed by atoms with E-state index in [0.717, 1.165) is 43.5 Å². The van der Waals surface area contributed by atoms with Crippen LogP contribution >= 0.6 is 11.6 Å². The van der Waals surface area contributed by atoms with Gasteiger partial charge < -0.3 is 19.3 Å². The van der Waals surface area contributed by atoms with Gasteiger partial charge in [0.15, 0.2) is 0 Å². The molecule has 2 aliphatic rings. The number of carbonyl (C=O) groups is 2. The number of benzene rings is 1. The number of halogens is 1. The van der Waals surface area contributed by atoms with Crippen molar-refractivity contribution in [2.75, 3.05) is 39.4 Å². The van der Waals surface area contributed by atoms with Crippen molar-refractivity contribution in [2.24, 2.45) is 0 Å². The van der Waals surface area contributed by atoms with Gasteiger partial charge in [0.2, 0.25) is 11.8 Å². The first-order valence-electron chi connectivity index (χ1n) is 11.9. The van der Waals surface area contributed by atoms with E-state index in [-0.39, 0.29) is 31.3 Å². The Hall–Kier alpha value is -2.64. The Morgan fingerprint density at radius 2 is 1.94 bits per heavy atom. The number of likely N-dealkylation sites (tertiary alicyclic amines) is 1. The van der Waals surface area contributed by atoms with Gasteiger partial charge in [0, 0.05) is 37.1 Å². The molecular formula is C26H32ClN3O4. The highest BCUT2D eigenvalue weighted by molar-refractivity contribution is 6.31. The van der Waals surface area contributed by atoms with Gasteiger partial charge in [0.1, 0.15) is 18.0 Å². The standard InChI is InChI=1S/C26H32ClN3O4/c1-20-14-22(7-8-23(20)27)33-19-26(16-25(32)29-10-3-2-4-11-29)18-30(12-13-34-26)24(31)15-21-6-5-9-28-17-21/h5-9,14,17H,2-4,10-13,15-16,18-19H2,1H3/t26-/m0/s1. The van der Waals surface area contributed by atoms with E-state index in [1.54, 1.807) is 23.4 Å². The van der Waals surface area contributed by atoms with Gasteiger partial charge in [0.05, 0.1) is 26.0 Å². The van der Waals surface area contributed by atoms with Crippen LogP contribution in [0.3, 0.4) is 0 Å². The lowest BCUT2D eigenvalue weighted by molar-refractivity contribution is -0.166. The lowest BCUT2D eigenvalue weighted by atomic mass is 9.95. The molecule has 4 rings (SSSR count). The molecule has 0 radical (unpaired) electrons. The number of carbonyl (C=O) groups excluding carboxylic acids is 2. The van der Waals surface area contributed by atoms with Crippen molar-refractivity contribution in [3.05, 3.63) is 58.9 Å². The number of aromatic nitrogens is 1. The smallest absolute Gasteiger partial charge is 0.227 e. The highest BCUT2D eigenvalue weighted by Gasteiger charge is 2.42. The highest BCUT2D eigenvalue weighted by atomic mass is 35.5. The van der Waals surface area contributed by atoms with Gasteiger partial charge >= 0.3 is 0 Å². The van der Waals surface area contributed by atoms with Crippen molar-refractivity contribution in [1.29, 1.82) is 0 Å². The Bertz CT molecular complexity index is 997. The number of pyridine rings is 1. The molecule has 0 spiro atoms. The molecule has 0 aliphatic carbocycles. The zero-order valence-electron chi connectivity index (χ0n) is 19.7. The van der Waals surface area contributed by atoms with Crippen molar-refractivity contribution in [1.82, 2.24) is 14.8 Å². The van der Waals surface area contributed by atoms with E-state index >= 15 is 0 Å². The molecule has 182 valence electrons. The van der Waals surface area contributed by atoms with Crippen LogP contribution in [0.5, 0.6) is 5.75 Å². The number of hydrogen-bond donors (Lipinski definition) is 0. The monoisotopic (exact) mass is 485 g/mol. The van der Waals surface area contributed by atoms with Gasteiger partial charge in [-0.15, -0.1) is 0 Å². The maximum absolute atomic E-state index is 13.2. The molecule has 0 unspecified atom stereocenters. The maximum Gasteiger partial charge on any atom is 0.227 e. The first-order valence-corrected chi connectivity index (χ1v) is 12.3. The largest absolute Gasteiger partial charge is 0.490 e. The predicted octanol–water partition coefficient (Wildman–Crippen LogP) is 3.67. The summed E-state index contributed by atoms with van der Waals surface area (Å²) in [4.78, 5) is 34.1. The lowest BCUT2D eigenvalue weighted by Gasteiger charge is -2.43. The van der Waals surface area contributed by atoms with Crippen molar-refractivity contribution in [3.8, 4) is 5.75 Å². The van der Waals surface area contributed by atoms with E-state index in [9.17, 15) is 9.59 Å². The Morgan fingerprint density at radius 3 is 2.68 bits per heavy atom. The third-order valence-corrected chi connectivity index (χ3v) is 6.92. The van der Waals surface area contributed by atoms with Crippen molar-refractivity contribution in [2.45, 2.75) is 44.6 Å². The Kier molecular flexibility index (Phi) is 8.06. The molecule has 1 atom stereocenters. The van der Waals surface area contributed by atoms with Gasteiger partial charge in [-0.2, -0.15) is 0 Å². The molecule has 2 aromatic rings. The third kappa shape index (κ3) is 6.27. The fraction of sp³-hybridized carbons (Fsp3) is 0.500. The molecule has 3 heterocycles. The van der Waals surface area contributed by atoms with Gasteiger partial charge in [-0.1, -0.05) is 17.7 Å². The summed E-state index contributed by atoms with van der Waals surface area (Å²) in [7, 11) is 0. The van der Waals surface area contributed by atoms with Crippen LogP contribution in [0.25, 0.3) is 0 Å². The third-order valence-electron chi connectivity index (χ3n) is 6.49. The van der Waals surface area contributed by atoms with E-state index < -0.39 is 5.60 Å². The van der Waals surface area contributed by atoms with E-state index in [1.807, 2.05) is 36.1 Å². The molecule has 2 amide bonds. The second kappa shape index (κ2) is 11.2. The number of amides is 2. The minimum Gasteiger partial charge on any atom is -0.490 e. The molecule has 2 saturated heterocycles. The number of ether oxygens (including phenoxy) is 2. The SMILES string of the molecule is Cc1cc(OC[C@]2(CC(=O)N3CCCCC3)CN(C(=O)Cc3cccnc3)CCO2)ccc1Cl. The fourth-order valence-corrected chi connectivity index (χ4v) is 4.66. The molecule has 7 nitrogen and oxygen atoms in total. The average Bonchev–Trinajstić information content (AvgIpc) is 2.86. The van der Waals surface area contributed by atoms with Crippen LogP contribution in [-0.4, -0.2) is 71.6 Å². The van der Waals surface area contributed by atoms with Gasteiger partial charge in [-0.05, 0) is 61.6 Å². The zero-order chi connectivity index (χ0) is 24.0. The molecule has 2 aliphatic heterocycles. The van der Waals surface area contributed by atoms with Crippen LogP contribution in [0.15, 0.2) is 42.7 Å². The second-order valence-electron chi connectivity index (χ2n) is 9.20. The Morgan fingerprint density at radius 1 is 1.12 bits per heavy atom. The van der Waals surface area contributed by atoms with Gasteiger partial charge in [-0.3, -0.25) is 14.6 Å². The van der Waals surface area contributed by atoms with Crippen molar-refractivity contribution < 1.29 is 19.1 Å². The minimum atomic E-state index is -0.912. The average molecular weight is 486 g/mol. The molecular weight excluding hydrogens is 454 g/mol. The van der Waals surface area contributed by atoms with Crippen molar-refractivity contribution >= 4 is 23.4 Å². The lowest BCUT2D eigenvalue weighted by Crippen LogP contribution is -2.58. The predicted molar refractivity (Wildman–Crippen MR) is 130 cm³/mol. The maximum atomic E-state index is 13.2. The van der Waals surface area contributed by atoms with Crippen LogP contribution in [0.1, 0.15) is 36.8 Å². The van der Waals surface area contributed by atoms with Crippen LogP contribution in [0, 0.1) is 6.92 Å². The van der Waals surface area contributed by atoms with E-state index in [0.29, 0.717) is 30.5 Å². The summed E-state index contributed by atoms with van der Waals surface area (Å²) >= 11 is 6.15. The summed E-state index contributed by atoms with van der Waals surface area (Å²) in [6.07, 6.45) is 7.04. The summed E-state index contributed by atoms with van der Waals surface area (Å²) in [5.41, 5.74) is 0.864. The highest BCUT2D eigenvalue weighted by Crippen LogP contribution is 2.28. The quantitative estimate of drug-likeness (QED) is 0.598.